The Balaban J connectivity index is 1.40. The van der Waals surface area contributed by atoms with Gasteiger partial charge in [0, 0.05) is 5.02 Å². The fourth-order valence-electron chi connectivity index (χ4n) is 4.12. The maximum Gasteiger partial charge on any atom is 0.267 e. The lowest BCUT2D eigenvalue weighted by atomic mass is 10.1. The fourth-order valence-corrected chi connectivity index (χ4v) is 6.01. The monoisotopic (exact) mass is 680 g/mol. The lowest BCUT2D eigenvalue weighted by Crippen LogP contribution is -2.28. The number of ether oxygens (including phenoxy) is 2. The van der Waals surface area contributed by atoms with Gasteiger partial charge in [0.25, 0.3) is 5.91 Å². The third-order valence-corrected chi connectivity index (χ3v) is 8.25. The topological polar surface area (TPSA) is 51.1 Å². The number of carbonyl (C=O) groups is 1. The van der Waals surface area contributed by atoms with Crippen LogP contribution in [0.4, 0.5) is 0 Å². The molecule has 5 nitrogen and oxygen atoms in total. The molecule has 1 heterocycles. The summed E-state index contributed by atoms with van der Waals surface area (Å²) in [5.41, 5.74) is 3.99. The summed E-state index contributed by atoms with van der Waals surface area (Å²) in [5, 5.41) is 1.37. The Kier molecular flexibility index (Phi) is 9.46. The first-order valence-corrected chi connectivity index (χ1v) is 14.9. The molecule has 0 unspecified atom stereocenters. The third kappa shape index (κ3) is 7.08. The number of nitrogens with zero attached hydrogens (tertiary/aromatic N) is 2. The SMILES string of the molecule is COc1cc(/C=C2\SC(=NCc3ccccc3)N(Cc3ccccc3)C2=O)cc(I)c1OCc1ccc(Cl)cc1. The highest BCUT2D eigenvalue weighted by molar-refractivity contribution is 14.1. The van der Waals surface area contributed by atoms with Gasteiger partial charge >= 0.3 is 0 Å². The van der Waals surface area contributed by atoms with Gasteiger partial charge in [-0.1, -0.05) is 84.4 Å². The highest BCUT2D eigenvalue weighted by Gasteiger charge is 2.33. The molecule has 40 heavy (non-hydrogen) atoms. The molecule has 0 saturated carbocycles. The molecule has 0 atom stereocenters. The second-order valence-electron chi connectivity index (χ2n) is 9.02. The average Bonchev–Trinajstić information content (AvgIpc) is 3.26. The summed E-state index contributed by atoms with van der Waals surface area (Å²) in [5.74, 6) is 1.18. The summed E-state index contributed by atoms with van der Waals surface area (Å²) in [7, 11) is 1.61. The lowest BCUT2D eigenvalue weighted by Gasteiger charge is -2.16. The Morgan fingerprint density at radius 3 is 2.27 bits per heavy atom. The van der Waals surface area contributed by atoms with E-state index in [9.17, 15) is 4.79 Å². The number of hydrogen-bond acceptors (Lipinski definition) is 5. The number of amidine groups is 1. The zero-order valence-corrected chi connectivity index (χ0v) is 25.4. The highest BCUT2D eigenvalue weighted by Crippen LogP contribution is 2.38. The van der Waals surface area contributed by atoms with Crippen molar-refractivity contribution in [1.29, 1.82) is 0 Å². The highest BCUT2D eigenvalue weighted by atomic mass is 127. The number of thioether (sulfide) groups is 1. The van der Waals surface area contributed by atoms with Gasteiger partial charge in [0.2, 0.25) is 0 Å². The van der Waals surface area contributed by atoms with Crippen molar-refractivity contribution in [2.75, 3.05) is 7.11 Å². The molecule has 1 amide bonds. The molecule has 4 aromatic carbocycles. The van der Waals surface area contributed by atoms with Crippen molar-refractivity contribution in [2.45, 2.75) is 19.7 Å². The maximum absolute atomic E-state index is 13.6. The number of benzene rings is 4. The molecule has 5 rings (SSSR count). The standard InChI is InChI=1S/C32H26ClIN2O3S/c1-38-28-17-25(16-27(34)30(28)39-21-24-12-14-26(33)15-13-24)18-29-31(37)36(20-23-10-6-3-7-11-23)32(40-29)35-19-22-8-4-2-5-9-22/h2-18H,19-21H2,1H3/b29-18-,35-32?. The van der Waals surface area contributed by atoms with Gasteiger partial charge in [-0.3, -0.25) is 14.7 Å². The van der Waals surface area contributed by atoms with E-state index in [0.717, 1.165) is 25.8 Å². The smallest absolute Gasteiger partial charge is 0.267 e. The maximum atomic E-state index is 13.6. The minimum absolute atomic E-state index is 0.0716. The molecular formula is C32H26ClIN2O3S. The molecule has 0 aliphatic carbocycles. The second-order valence-corrected chi connectivity index (χ2v) is 11.6. The Bertz CT molecular complexity index is 1540. The van der Waals surface area contributed by atoms with E-state index >= 15 is 0 Å². The lowest BCUT2D eigenvalue weighted by molar-refractivity contribution is -0.122. The molecule has 1 saturated heterocycles. The van der Waals surface area contributed by atoms with E-state index in [1.54, 1.807) is 12.0 Å². The van der Waals surface area contributed by atoms with Gasteiger partial charge in [-0.05, 0) is 86.9 Å². The molecule has 202 valence electrons. The van der Waals surface area contributed by atoms with Crippen LogP contribution in [-0.2, 0) is 24.5 Å². The molecule has 0 aromatic heterocycles. The molecular weight excluding hydrogens is 655 g/mol. The largest absolute Gasteiger partial charge is 0.493 e. The van der Waals surface area contributed by atoms with Crippen molar-refractivity contribution < 1.29 is 14.3 Å². The number of carbonyl (C=O) groups excluding carboxylic acids is 1. The minimum Gasteiger partial charge on any atom is -0.493 e. The summed E-state index contributed by atoms with van der Waals surface area (Å²) in [6.07, 6.45) is 1.89. The van der Waals surface area contributed by atoms with Gasteiger partial charge in [-0.2, -0.15) is 0 Å². The van der Waals surface area contributed by atoms with Crippen molar-refractivity contribution in [2.24, 2.45) is 4.99 Å². The van der Waals surface area contributed by atoms with Crippen LogP contribution in [0.3, 0.4) is 0 Å². The van der Waals surface area contributed by atoms with Crippen LogP contribution in [0.15, 0.2) is 107 Å². The number of methoxy groups -OCH3 is 1. The average molecular weight is 681 g/mol. The third-order valence-electron chi connectivity index (χ3n) is 6.16. The number of rotatable bonds is 9. The van der Waals surface area contributed by atoms with Crippen LogP contribution >= 0.6 is 46.0 Å². The van der Waals surface area contributed by atoms with Gasteiger partial charge < -0.3 is 9.47 Å². The first-order valence-electron chi connectivity index (χ1n) is 12.6. The number of hydrogen-bond donors (Lipinski definition) is 0. The molecule has 0 radical (unpaired) electrons. The number of aliphatic imine (C=N–C) groups is 1. The van der Waals surface area contributed by atoms with Crippen LogP contribution in [0, 0.1) is 3.57 Å². The van der Waals surface area contributed by atoms with Crippen LogP contribution in [-0.4, -0.2) is 23.1 Å². The van der Waals surface area contributed by atoms with Gasteiger partial charge in [-0.25, -0.2) is 0 Å². The van der Waals surface area contributed by atoms with E-state index in [1.165, 1.54) is 11.8 Å². The molecule has 1 aliphatic heterocycles. The van der Waals surface area contributed by atoms with Crippen LogP contribution in [0.5, 0.6) is 11.5 Å². The Hall–Kier alpha value is -3.27. The zero-order chi connectivity index (χ0) is 27.9. The van der Waals surface area contributed by atoms with Crippen molar-refractivity contribution in [1.82, 2.24) is 4.90 Å². The summed E-state index contributed by atoms with van der Waals surface area (Å²) < 4.78 is 12.7. The van der Waals surface area contributed by atoms with E-state index in [2.05, 4.69) is 22.6 Å². The molecule has 0 N–H and O–H groups in total. The van der Waals surface area contributed by atoms with E-state index in [-0.39, 0.29) is 5.91 Å². The summed E-state index contributed by atoms with van der Waals surface area (Å²) in [4.78, 5) is 20.8. The summed E-state index contributed by atoms with van der Waals surface area (Å²) in [6.45, 7) is 1.34. The molecule has 1 aliphatic rings. The minimum atomic E-state index is -0.0716. The van der Waals surface area contributed by atoms with E-state index in [4.69, 9.17) is 26.1 Å². The summed E-state index contributed by atoms with van der Waals surface area (Å²) in [6, 6.07) is 31.4. The molecule has 4 aromatic rings. The second kappa shape index (κ2) is 13.4. The normalized spacial score (nSPS) is 15.2. The first-order chi connectivity index (χ1) is 19.5. The van der Waals surface area contributed by atoms with E-state index in [0.29, 0.717) is 46.3 Å². The Morgan fingerprint density at radius 2 is 1.60 bits per heavy atom. The zero-order valence-electron chi connectivity index (χ0n) is 21.7. The predicted octanol–water partition coefficient (Wildman–Crippen LogP) is 8.20. The van der Waals surface area contributed by atoms with Gasteiger partial charge in [0.1, 0.15) is 6.61 Å². The van der Waals surface area contributed by atoms with Gasteiger partial charge in [0.05, 0.1) is 28.7 Å². The number of amides is 1. The van der Waals surface area contributed by atoms with Crippen molar-refractivity contribution in [3.05, 3.63) is 133 Å². The van der Waals surface area contributed by atoms with E-state index in [1.807, 2.05) is 103 Å². The Labute approximate surface area is 257 Å². The van der Waals surface area contributed by atoms with Crippen molar-refractivity contribution in [3.8, 4) is 11.5 Å². The van der Waals surface area contributed by atoms with Crippen LogP contribution < -0.4 is 9.47 Å². The van der Waals surface area contributed by atoms with E-state index < -0.39 is 0 Å². The quantitative estimate of drug-likeness (QED) is 0.132. The van der Waals surface area contributed by atoms with Crippen molar-refractivity contribution in [3.63, 3.8) is 0 Å². The molecule has 8 heteroatoms. The fraction of sp³-hybridized carbons (Fsp3) is 0.125. The molecule has 1 fully saturated rings. The number of halogens is 2. The first kappa shape index (κ1) is 28.3. The van der Waals surface area contributed by atoms with Gasteiger partial charge in [-0.15, -0.1) is 0 Å². The molecule has 0 spiro atoms. The predicted molar refractivity (Wildman–Crippen MR) is 172 cm³/mol. The van der Waals surface area contributed by atoms with Crippen molar-refractivity contribution >= 4 is 63.1 Å². The van der Waals surface area contributed by atoms with Gasteiger partial charge in [0.15, 0.2) is 16.7 Å². The van der Waals surface area contributed by atoms with Crippen LogP contribution in [0.2, 0.25) is 5.02 Å². The summed E-state index contributed by atoms with van der Waals surface area (Å²) >= 11 is 9.63. The van der Waals surface area contributed by atoms with Crippen LogP contribution in [0.25, 0.3) is 6.08 Å². The Morgan fingerprint density at radius 1 is 0.925 bits per heavy atom. The van der Waals surface area contributed by atoms with Crippen LogP contribution in [0.1, 0.15) is 22.3 Å². The molecule has 0 bridgehead atoms.